The molecule has 0 radical (unpaired) electrons. The summed E-state index contributed by atoms with van der Waals surface area (Å²) in [5.41, 5.74) is 5.32. The lowest BCUT2D eigenvalue weighted by atomic mass is 10.0. The highest BCUT2D eigenvalue weighted by Gasteiger charge is 2.19. The zero-order valence-corrected chi connectivity index (χ0v) is 16.8. The third-order valence-electron chi connectivity index (χ3n) is 4.11. The molecule has 2 atom stereocenters. The number of benzene rings is 2. The summed E-state index contributed by atoms with van der Waals surface area (Å²) in [6, 6.07) is 12.9. The number of methoxy groups -OCH3 is 1. The van der Waals surface area contributed by atoms with Crippen molar-refractivity contribution in [3.05, 3.63) is 58.7 Å². The SMILES string of the molecule is CCC(Pc1ccccc1/C=N/C)c1cc(C)cc(C)c1OCOC. The topological polar surface area (TPSA) is 30.8 Å². The molecule has 0 saturated carbocycles. The molecular formula is C21H28NO2P. The standard InChI is InChI=1S/C21H28NO2P/c1-6-19(25-20-10-8-7-9-17(20)13-22-4)18-12-15(2)11-16(3)21(18)24-14-23-5/h7-13,19,25H,6,14H2,1-5H3/b22-13+. The first-order chi connectivity index (χ1) is 12.1. The number of aliphatic imine (C=N–C) groups is 1. The Labute approximate surface area is 153 Å². The highest BCUT2D eigenvalue weighted by Crippen LogP contribution is 2.43. The van der Waals surface area contributed by atoms with Crippen LogP contribution in [0, 0.1) is 13.8 Å². The van der Waals surface area contributed by atoms with E-state index in [0.29, 0.717) is 14.2 Å². The summed E-state index contributed by atoms with van der Waals surface area (Å²) in [7, 11) is 4.14. The Morgan fingerprint density at radius 3 is 2.64 bits per heavy atom. The van der Waals surface area contributed by atoms with Crippen molar-refractivity contribution in [3.63, 3.8) is 0 Å². The minimum absolute atomic E-state index is 0.273. The average Bonchev–Trinajstić information content (AvgIpc) is 2.60. The maximum absolute atomic E-state index is 5.93. The number of hydrogen-bond acceptors (Lipinski definition) is 3. The monoisotopic (exact) mass is 357 g/mol. The second-order valence-corrected chi connectivity index (χ2v) is 7.66. The van der Waals surface area contributed by atoms with E-state index >= 15 is 0 Å². The molecule has 0 amide bonds. The van der Waals surface area contributed by atoms with Crippen molar-refractivity contribution in [2.45, 2.75) is 32.9 Å². The van der Waals surface area contributed by atoms with Gasteiger partial charge in [-0.05, 0) is 36.7 Å². The van der Waals surface area contributed by atoms with Crippen LogP contribution in [-0.4, -0.2) is 27.2 Å². The summed E-state index contributed by atoms with van der Waals surface area (Å²) in [6.45, 7) is 6.76. The Morgan fingerprint density at radius 2 is 1.96 bits per heavy atom. The van der Waals surface area contributed by atoms with E-state index in [-0.39, 0.29) is 6.79 Å². The van der Waals surface area contributed by atoms with E-state index in [1.165, 1.54) is 27.6 Å². The van der Waals surface area contributed by atoms with Gasteiger partial charge in [-0.2, -0.15) is 0 Å². The molecule has 4 heteroatoms. The molecule has 3 nitrogen and oxygen atoms in total. The molecule has 0 spiro atoms. The Kier molecular flexibility index (Phi) is 7.61. The Bertz CT molecular complexity index is 728. The van der Waals surface area contributed by atoms with Gasteiger partial charge in [-0.1, -0.05) is 57.5 Å². The smallest absolute Gasteiger partial charge is 0.188 e. The van der Waals surface area contributed by atoms with Gasteiger partial charge in [0, 0.05) is 31.6 Å². The van der Waals surface area contributed by atoms with Crippen LogP contribution in [0.3, 0.4) is 0 Å². The molecule has 2 aromatic carbocycles. The van der Waals surface area contributed by atoms with Crippen LogP contribution in [0.25, 0.3) is 0 Å². The molecule has 0 bridgehead atoms. The molecule has 0 heterocycles. The fourth-order valence-electron chi connectivity index (χ4n) is 3.03. The number of aryl methyl sites for hydroxylation is 2. The zero-order chi connectivity index (χ0) is 18.2. The van der Waals surface area contributed by atoms with Crippen LogP contribution >= 0.6 is 8.58 Å². The van der Waals surface area contributed by atoms with Gasteiger partial charge in [-0.25, -0.2) is 0 Å². The highest BCUT2D eigenvalue weighted by atomic mass is 31.1. The minimum atomic E-state index is 0.273. The maximum Gasteiger partial charge on any atom is 0.188 e. The quantitative estimate of drug-likeness (QED) is 0.386. The summed E-state index contributed by atoms with van der Waals surface area (Å²) < 4.78 is 11.1. The van der Waals surface area contributed by atoms with Crippen molar-refractivity contribution in [2.75, 3.05) is 21.0 Å². The summed E-state index contributed by atoms with van der Waals surface area (Å²) in [4.78, 5) is 4.20. The molecular weight excluding hydrogens is 329 g/mol. The third-order valence-corrected chi connectivity index (χ3v) is 5.95. The number of ether oxygens (including phenoxy) is 2. The largest absolute Gasteiger partial charge is 0.467 e. The lowest BCUT2D eigenvalue weighted by Crippen LogP contribution is -2.09. The van der Waals surface area contributed by atoms with Gasteiger partial charge in [0.25, 0.3) is 0 Å². The van der Waals surface area contributed by atoms with Crippen LogP contribution in [0.4, 0.5) is 0 Å². The van der Waals surface area contributed by atoms with E-state index in [4.69, 9.17) is 9.47 Å². The number of nitrogens with zero attached hydrogens (tertiary/aromatic N) is 1. The number of rotatable bonds is 8. The first kappa shape index (κ1) is 19.6. The third kappa shape index (κ3) is 5.14. The van der Waals surface area contributed by atoms with Crippen LogP contribution in [-0.2, 0) is 4.74 Å². The lowest BCUT2D eigenvalue weighted by molar-refractivity contribution is 0.0499. The van der Waals surface area contributed by atoms with Crippen LogP contribution < -0.4 is 10.0 Å². The van der Waals surface area contributed by atoms with Crippen molar-refractivity contribution < 1.29 is 9.47 Å². The Hall–Kier alpha value is -1.70. The lowest BCUT2D eigenvalue weighted by Gasteiger charge is -2.22. The van der Waals surface area contributed by atoms with Crippen molar-refractivity contribution in [3.8, 4) is 5.75 Å². The van der Waals surface area contributed by atoms with E-state index in [0.717, 1.165) is 12.2 Å². The molecule has 0 aromatic heterocycles. The van der Waals surface area contributed by atoms with Crippen LogP contribution in [0.15, 0.2) is 41.4 Å². The molecule has 2 rings (SSSR count). The van der Waals surface area contributed by atoms with Crippen molar-refractivity contribution in [2.24, 2.45) is 4.99 Å². The first-order valence-corrected chi connectivity index (χ1v) is 9.69. The maximum atomic E-state index is 5.93. The van der Waals surface area contributed by atoms with Crippen LogP contribution in [0.5, 0.6) is 5.75 Å². The molecule has 0 aliphatic heterocycles. The van der Waals surface area contributed by atoms with Crippen molar-refractivity contribution >= 4 is 20.1 Å². The molecule has 2 aromatic rings. The average molecular weight is 357 g/mol. The van der Waals surface area contributed by atoms with Gasteiger partial charge in [0.1, 0.15) is 5.75 Å². The second kappa shape index (κ2) is 9.70. The van der Waals surface area contributed by atoms with E-state index in [1.54, 1.807) is 7.11 Å². The van der Waals surface area contributed by atoms with Gasteiger partial charge >= 0.3 is 0 Å². The Morgan fingerprint density at radius 1 is 1.20 bits per heavy atom. The molecule has 0 N–H and O–H groups in total. The summed E-state index contributed by atoms with van der Waals surface area (Å²) in [5.74, 6) is 0.966. The molecule has 0 fully saturated rings. The second-order valence-electron chi connectivity index (χ2n) is 6.13. The van der Waals surface area contributed by atoms with Gasteiger partial charge < -0.3 is 9.47 Å². The van der Waals surface area contributed by atoms with Crippen LogP contribution in [0.2, 0.25) is 0 Å². The summed E-state index contributed by atoms with van der Waals surface area (Å²) in [6.07, 6.45) is 3.00. The normalized spacial score (nSPS) is 13.0. The highest BCUT2D eigenvalue weighted by molar-refractivity contribution is 7.47. The Balaban J connectivity index is 2.41. The fraction of sp³-hybridized carbons (Fsp3) is 0.381. The fourth-order valence-corrected chi connectivity index (χ4v) is 4.49. The molecule has 0 aliphatic carbocycles. The van der Waals surface area contributed by atoms with Crippen molar-refractivity contribution in [1.29, 1.82) is 0 Å². The van der Waals surface area contributed by atoms with E-state index in [2.05, 4.69) is 62.2 Å². The van der Waals surface area contributed by atoms with E-state index in [9.17, 15) is 0 Å². The van der Waals surface area contributed by atoms with Crippen molar-refractivity contribution in [1.82, 2.24) is 0 Å². The van der Waals surface area contributed by atoms with Gasteiger partial charge in [-0.15, -0.1) is 0 Å². The molecule has 25 heavy (non-hydrogen) atoms. The summed E-state index contributed by atoms with van der Waals surface area (Å²) >= 11 is 0. The molecule has 0 saturated heterocycles. The van der Waals surface area contributed by atoms with Crippen LogP contribution in [0.1, 0.15) is 41.3 Å². The van der Waals surface area contributed by atoms with Gasteiger partial charge in [0.15, 0.2) is 6.79 Å². The predicted octanol–water partition coefficient (Wildman–Crippen LogP) is 4.79. The first-order valence-electron chi connectivity index (χ1n) is 8.61. The zero-order valence-electron chi connectivity index (χ0n) is 15.8. The number of hydrogen-bond donors (Lipinski definition) is 0. The predicted molar refractivity (Wildman–Crippen MR) is 109 cm³/mol. The van der Waals surface area contributed by atoms with E-state index < -0.39 is 0 Å². The molecule has 134 valence electrons. The summed E-state index contributed by atoms with van der Waals surface area (Å²) in [5, 5.41) is 1.34. The van der Waals surface area contributed by atoms with Gasteiger partial charge in [-0.3, -0.25) is 4.99 Å². The van der Waals surface area contributed by atoms with Gasteiger partial charge in [0.2, 0.25) is 0 Å². The minimum Gasteiger partial charge on any atom is -0.467 e. The molecule has 0 aliphatic rings. The molecule has 2 unspecified atom stereocenters. The van der Waals surface area contributed by atoms with E-state index in [1.807, 2.05) is 13.3 Å². The van der Waals surface area contributed by atoms with Gasteiger partial charge in [0.05, 0.1) is 0 Å².